The number of rotatable bonds is 3. The molecule has 1 aliphatic heterocycles. The zero-order valence-corrected chi connectivity index (χ0v) is 15.8. The number of H-pyrrole nitrogens is 1. The zero-order valence-electron chi connectivity index (χ0n) is 15.0. The lowest BCUT2D eigenvalue weighted by Crippen LogP contribution is -2.39. The van der Waals surface area contributed by atoms with E-state index in [-0.39, 0.29) is 6.04 Å². The Morgan fingerprint density at radius 1 is 1.12 bits per heavy atom. The van der Waals surface area contributed by atoms with Crippen molar-refractivity contribution in [3.63, 3.8) is 0 Å². The van der Waals surface area contributed by atoms with Gasteiger partial charge in [-0.05, 0) is 43.0 Å². The molecule has 0 saturated carbocycles. The normalized spacial score (nSPS) is 19.3. The second-order valence-electron chi connectivity index (χ2n) is 7.20. The first-order valence-electron chi connectivity index (χ1n) is 8.91. The molecule has 1 aliphatic rings. The van der Waals surface area contributed by atoms with E-state index in [0.717, 1.165) is 17.9 Å². The van der Waals surface area contributed by atoms with Crippen LogP contribution >= 0.6 is 0 Å². The van der Waals surface area contributed by atoms with Crippen LogP contribution in [0.4, 0.5) is 0 Å². The highest BCUT2D eigenvalue weighted by Gasteiger charge is 2.35. The lowest BCUT2D eigenvalue weighted by Gasteiger charge is -2.37. The van der Waals surface area contributed by atoms with E-state index in [4.69, 9.17) is 0 Å². The zero-order chi connectivity index (χ0) is 17.6. The van der Waals surface area contributed by atoms with Crippen molar-refractivity contribution in [3.05, 3.63) is 65.4 Å². The van der Waals surface area contributed by atoms with Crippen LogP contribution in [0.2, 0.25) is 0 Å². The van der Waals surface area contributed by atoms with Gasteiger partial charge >= 0.3 is 0 Å². The number of nitrogens with zero attached hydrogens (tertiary/aromatic N) is 1. The topological polar surface area (TPSA) is 36.1 Å². The van der Waals surface area contributed by atoms with E-state index in [1.54, 1.807) is 0 Å². The molecule has 0 fully saturated rings. The van der Waals surface area contributed by atoms with Crippen molar-refractivity contribution in [2.24, 2.45) is 5.92 Å². The van der Waals surface area contributed by atoms with Crippen molar-refractivity contribution in [2.45, 2.75) is 38.1 Å². The van der Waals surface area contributed by atoms with Gasteiger partial charge in [-0.3, -0.25) is 0 Å². The Balaban J connectivity index is 1.77. The summed E-state index contributed by atoms with van der Waals surface area (Å²) in [5.41, 5.74) is 5.01. The molecule has 3 nitrogen and oxygen atoms in total. The largest absolute Gasteiger partial charge is 0.357 e. The molecule has 2 atom stereocenters. The van der Waals surface area contributed by atoms with Gasteiger partial charge in [0.25, 0.3) is 0 Å². The van der Waals surface area contributed by atoms with Gasteiger partial charge in [0.1, 0.15) is 11.0 Å². The third-order valence-electron chi connectivity index (χ3n) is 5.10. The fraction of sp³-hybridized carbons (Fsp3) is 0.333. The third kappa shape index (κ3) is 2.83. The molecular formula is C21H24N2OS. The lowest BCUT2D eigenvalue weighted by molar-refractivity contribution is 0.255. The van der Waals surface area contributed by atoms with E-state index < -0.39 is 11.0 Å². The number of fused-ring (bicyclic) bond motifs is 3. The maximum absolute atomic E-state index is 13.3. The molecule has 25 heavy (non-hydrogen) atoms. The van der Waals surface area contributed by atoms with Gasteiger partial charge < -0.3 is 4.98 Å². The monoisotopic (exact) mass is 352 g/mol. The molecule has 1 unspecified atom stereocenters. The highest BCUT2D eigenvalue weighted by Crippen LogP contribution is 2.40. The van der Waals surface area contributed by atoms with Crippen LogP contribution < -0.4 is 0 Å². The van der Waals surface area contributed by atoms with Crippen LogP contribution in [0.15, 0.2) is 53.4 Å². The Kier molecular flexibility index (Phi) is 4.26. The van der Waals surface area contributed by atoms with Gasteiger partial charge in [0, 0.05) is 23.1 Å². The number of hydrogen-bond acceptors (Lipinski definition) is 1. The van der Waals surface area contributed by atoms with Crippen LogP contribution in [-0.2, 0) is 17.4 Å². The summed E-state index contributed by atoms with van der Waals surface area (Å²) >= 11 is 0. The average molecular weight is 353 g/mol. The van der Waals surface area contributed by atoms with Crippen molar-refractivity contribution < 1.29 is 4.21 Å². The van der Waals surface area contributed by atoms with E-state index in [0.29, 0.717) is 5.92 Å². The predicted octanol–water partition coefficient (Wildman–Crippen LogP) is 4.75. The molecule has 1 N–H and O–H groups in total. The lowest BCUT2D eigenvalue weighted by atomic mass is 9.92. The number of benzene rings is 2. The molecule has 2 heterocycles. The second-order valence-corrected chi connectivity index (χ2v) is 8.64. The molecule has 0 aliphatic carbocycles. The predicted molar refractivity (Wildman–Crippen MR) is 104 cm³/mol. The Morgan fingerprint density at radius 3 is 2.56 bits per heavy atom. The first-order valence-corrected chi connectivity index (χ1v) is 10.0. The van der Waals surface area contributed by atoms with Crippen LogP contribution in [0.1, 0.15) is 36.7 Å². The van der Waals surface area contributed by atoms with E-state index >= 15 is 0 Å². The third-order valence-corrected chi connectivity index (χ3v) is 6.61. The summed E-state index contributed by atoms with van der Waals surface area (Å²) in [5, 5.41) is 1.31. The molecule has 0 saturated heterocycles. The van der Waals surface area contributed by atoms with E-state index in [1.807, 2.05) is 24.3 Å². The SMILES string of the molecule is Cc1ccc(S(=O)N2CCc3c([nH]c4ccccc34)[C@@H]2C(C)C)cc1. The first-order chi connectivity index (χ1) is 12.1. The molecule has 3 aromatic rings. The standard InChI is InChI=1S/C21H24N2OS/c1-14(2)21-20-18(17-6-4-5-7-19(17)22-20)12-13-23(21)25(24)16-10-8-15(3)9-11-16/h4-11,14,21-22H,12-13H2,1-3H3/t21-,25?/m0/s1. The summed E-state index contributed by atoms with van der Waals surface area (Å²) in [5.74, 6) is 0.376. The van der Waals surface area contributed by atoms with E-state index in [1.165, 1.54) is 27.7 Å². The summed E-state index contributed by atoms with van der Waals surface area (Å²) in [6, 6.07) is 16.7. The highest BCUT2D eigenvalue weighted by atomic mass is 32.2. The number of hydrogen-bond donors (Lipinski definition) is 1. The Hall–Kier alpha value is -1.91. The average Bonchev–Trinajstić information content (AvgIpc) is 2.99. The summed E-state index contributed by atoms with van der Waals surface area (Å²) < 4.78 is 15.4. The van der Waals surface area contributed by atoms with Crippen LogP contribution in [0, 0.1) is 12.8 Å². The van der Waals surface area contributed by atoms with Crippen molar-refractivity contribution in [2.75, 3.05) is 6.54 Å². The molecule has 0 spiro atoms. The van der Waals surface area contributed by atoms with Crippen LogP contribution in [-0.4, -0.2) is 20.0 Å². The molecule has 0 amide bonds. The molecule has 1 aromatic heterocycles. The summed E-state index contributed by atoms with van der Waals surface area (Å²) in [6.45, 7) is 7.30. The Morgan fingerprint density at radius 2 is 1.84 bits per heavy atom. The molecular weight excluding hydrogens is 328 g/mol. The van der Waals surface area contributed by atoms with Gasteiger partial charge in [0.05, 0.1) is 10.9 Å². The molecule has 2 aromatic carbocycles. The van der Waals surface area contributed by atoms with Gasteiger partial charge in [-0.15, -0.1) is 0 Å². The molecule has 4 heteroatoms. The Bertz CT molecular complexity index is 927. The fourth-order valence-electron chi connectivity index (χ4n) is 3.89. The fourth-order valence-corrected chi connectivity index (χ4v) is 5.34. The van der Waals surface area contributed by atoms with Gasteiger partial charge in [-0.1, -0.05) is 49.7 Å². The van der Waals surface area contributed by atoms with Crippen molar-refractivity contribution in [3.8, 4) is 0 Å². The number of aromatic amines is 1. The summed E-state index contributed by atoms with van der Waals surface area (Å²) in [7, 11) is -1.14. The van der Waals surface area contributed by atoms with Crippen LogP contribution in [0.5, 0.6) is 0 Å². The molecule has 4 rings (SSSR count). The molecule has 0 bridgehead atoms. The number of nitrogens with one attached hydrogen (secondary N) is 1. The quantitative estimate of drug-likeness (QED) is 0.725. The van der Waals surface area contributed by atoms with Crippen molar-refractivity contribution in [1.29, 1.82) is 0 Å². The molecule has 0 radical (unpaired) electrons. The summed E-state index contributed by atoms with van der Waals surface area (Å²) in [6.07, 6.45) is 0.931. The van der Waals surface area contributed by atoms with Gasteiger partial charge in [-0.25, -0.2) is 8.51 Å². The minimum Gasteiger partial charge on any atom is -0.357 e. The summed E-state index contributed by atoms with van der Waals surface area (Å²) in [4.78, 5) is 4.50. The van der Waals surface area contributed by atoms with Gasteiger partial charge in [-0.2, -0.15) is 0 Å². The van der Waals surface area contributed by atoms with Crippen molar-refractivity contribution in [1.82, 2.24) is 9.29 Å². The minimum atomic E-state index is -1.14. The maximum Gasteiger partial charge on any atom is 0.128 e. The van der Waals surface area contributed by atoms with Crippen LogP contribution in [0.25, 0.3) is 10.9 Å². The molecule has 130 valence electrons. The minimum absolute atomic E-state index is 0.137. The first kappa shape index (κ1) is 16.6. The van der Waals surface area contributed by atoms with Crippen molar-refractivity contribution >= 4 is 21.9 Å². The number of aromatic nitrogens is 1. The van der Waals surface area contributed by atoms with E-state index in [2.05, 4.69) is 54.3 Å². The Labute approximate surface area is 151 Å². The maximum atomic E-state index is 13.3. The number of para-hydroxylation sites is 1. The smallest absolute Gasteiger partial charge is 0.128 e. The van der Waals surface area contributed by atoms with Crippen LogP contribution in [0.3, 0.4) is 0 Å². The number of aryl methyl sites for hydroxylation is 1. The highest BCUT2D eigenvalue weighted by molar-refractivity contribution is 7.82. The van der Waals surface area contributed by atoms with E-state index in [9.17, 15) is 4.21 Å². The second kappa shape index (κ2) is 6.43. The van der Waals surface area contributed by atoms with Gasteiger partial charge in [0.15, 0.2) is 0 Å². The van der Waals surface area contributed by atoms with Gasteiger partial charge in [0.2, 0.25) is 0 Å².